The summed E-state index contributed by atoms with van der Waals surface area (Å²) in [5.41, 5.74) is 5.75. The molecule has 0 bridgehead atoms. The maximum absolute atomic E-state index is 5.75. The zero-order valence-corrected chi connectivity index (χ0v) is 5.64. The van der Waals surface area contributed by atoms with E-state index >= 15 is 0 Å². The minimum absolute atomic E-state index is 0.281. The molecule has 1 saturated carbocycles. The number of rotatable bonds is 0. The van der Waals surface area contributed by atoms with Gasteiger partial charge in [0.25, 0.3) is 0 Å². The molecule has 2 atom stereocenters. The van der Waals surface area contributed by atoms with Gasteiger partial charge in [0, 0.05) is 12.0 Å². The predicted molar refractivity (Wildman–Crippen MR) is 38.8 cm³/mol. The Labute approximate surface area is 56.6 Å². The van der Waals surface area contributed by atoms with Gasteiger partial charge in [0.05, 0.1) is 0 Å². The SMILES string of the molecule is C#C[C@@H]1CCCC[C@@H]1N. The van der Waals surface area contributed by atoms with Crippen molar-refractivity contribution in [2.45, 2.75) is 31.7 Å². The normalized spacial score (nSPS) is 35.6. The van der Waals surface area contributed by atoms with Crippen molar-refractivity contribution in [1.29, 1.82) is 0 Å². The Morgan fingerprint density at radius 2 is 2.00 bits per heavy atom. The predicted octanol–water partition coefficient (Wildman–Crippen LogP) is 1.14. The van der Waals surface area contributed by atoms with Gasteiger partial charge in [-0.1, -0.05) is 12.8 Å². The fourth-order valence-electron chi connectivity index (χ4n) is 1.37. The molecule has 0 heterocycles. The molecule has 0 spiro atoms. The van der Waals surface area contributed by atoms with E-state index in [-0.39, 0.29) is 6.04 Å². The van der Waals surface area contributed by atoms with Crippen molar-refractivity contribution in [3.8, 4) is 12.3 Å². The maximum Gasteiger partial charge on any atom is 0.0351 e. The third-order valence-corrected chi connectivity index (χ3v) is 2.03. The molecule has 0 unspecified atom stereocenters. The molecule has 0 aliphatic heterocycles. The summed E-state index contributed by atoms with van der Waals surface area (Å²) in [5, 5.41) is 0. The lowest BCUT2D eigenvalue weighted by Gasteiger charge is -2.23. The second kappa shape index (κ2) is 2.89. The van der Waals surface area contributed by atoms with Crippen LogP contribution >= 0.6 is 0 Å². The monoisotopic (exact) mass is 123 g/mol. The smallest absolute Gasteiger partial charge is 0.0351 e. The number of hydrogen-bond donors (Lipinski definition) is 1. The molecule has 0 aromatic heterocycles. The first-order valence-corrected chi connectivity index (χ1v) is 3.56. The summed E-state index contributed by atoms with van der Waals surface area (Å²) < 4.78 is 0. The van der Waals surface area contributed by atoms with Crippen molar-refractivity contribution in [2.75, 3.05) is 0 Å². The summed E-state index contributed by atoms with van der Waals surface area (Å²) >= 11 is 0. The van der Waals surface area contributed by atoms with Gasteiger partial charge in [0.2, 0.25) is 0 Å². The molecule has 1 nitrogen and oxygen atoms in total. The first kappa shape index (κ1) is 6.64. The van der Waals surface area contributed by atoms with Crippen LogP contribution in [-0.2, 0) is 0 Å². The molecule has 0 saturated heterocycles. The second-order valence-corrected chi connectivity index (χ2v) is 2.72. The van der Waals surface area contributed by atoms with Crippen LogP contribution in [0.5, 0.6) is 0 Å². The molecule has 0 amide bonds. The number of hydrogen-bond acceptors (Lipinski definition) is 1. The number of terminal acetylenes is 1. The highest BCUT2D eigenvalue weighted by Gasteiger charge is 2.18. The van der Waals surface area contributed by atoms with E-state index in [1.54, 1.807) is 0 Å². The summed E-state index contributed by atoms with van der Waals surface area (Å²) in [4.78, 5) is 0. The van der Waals surface area contributed by atoms with Gasteiger partial charge in [0.15, 0.2) is 0 Å². The molecular formula is C8H13N. The van der Waals surface area contributed by atoms with Crippen LogP contribution in [0, 0.1) is 18.3 Å². The molecule has 0 aromatic carbocycles. The molecule has 50 valence electrons. The topological polar surface area (TPSA) is 26.0 Å². The van der Waals surface area contributed by atoms with Crippen LogP contribution < -0.4 is 5.73 Å². The van der Waals surface area contributed by atoms with Crippen molar-refractivity contribution < 1.29 is 0 Å². The third kappa shape index (κ3) is 1.46. The van der Waals surface area contributed by atoms with E-state index in [0.717, 1.165) is 12.8 Å². The van der Waals surface area contributed by atoms with Crippen LogP contribution in [-0.4, -0.2) is 6.04 Å². The average Bonchev–Trinajstić information content (AvgIpc) is 1.89. The molecular weight excluding hydrogens is 110 g/mol. The Bertz CT molecular complexity index is 123. The molecule has 2 N–H and O–H groups in total. The van der Waals surface area contributed by atoms with Gasteiger partial charge in [0.1, 0.15) is 0 Å². The first-order chi connectivity index (χ1) is 4.34. The van der Waals surface area contributed by atoms with Gasteiger partial charge >= 0.3 is 0 Å². The van der Waals surface area contributed by atoms with Gasteiger partial charge < -0.3 is 5.73 Å². The third-order valence-electron chi connectivity index (χ3n) is 2.03. The van der Waals surface area contributed by atoms with Gasteiger partial charge in [-0.25, -0.2) is 0 Å². The molecule has 1 heteroatoms. The Hall–Kier alpha value is -0.480. The highest BCUT2D eigenvalue weighted by molar-refractivity contribution is 4.99. The lowest BCUT2D eigenvalue weighted by molar-refractivity contribution is 0.372. The minimum atomic E-state index is 0.281. The summed E-state index contributed by atoms with van der Waals surface area (Å²) in [6, 6.07) is 0.281. The lowest BCUT2D eigenvalue weighted by atomic mass is 9.86. The minimum Gasteiger partial charge on any atom is -0.327 e. The number of nitrogens with two attached hydrogens (primary N) is 1. The molecule has 1 rings (SSSR count). The van der Waals surface area contributed by atoms with E-state index in [2.05, 4.69) is 5.92 Å². The molecule has 0 aromatic rings. The second-order valence-electron chi connectivity index (χ2n) is 2.72. The first-order valence-electron chi connectivity index (χ1n) is 3.56. The Morgan fingerprint density at radius 3 is 2.44 bits per heavy atom. The Balaban J connectivity index is 2.41. The Morgan fingerprint density at radius 1 is 1.33 bits per heavy atom. The van der Waals surface area contributed by atoms with E-state index in [4.69, 9.17) is 12.2 Å². The standard InChI is InChI=1S/C8H13N/c1-2-7-5-3-4-6-8(7)9/h1,7-8H,3-6,9H2/t7-,8+/m1/s1. The summed E-state index contributed by atoms with van der Waals surface area (Å²) in [7, 11) is 0. The van der Waals surface area contributed by atoms with Crippen LogP contribution in [0.1, 0.15) is 25.7 Å². The zero-order chi connectivity index (χ0) is 6.69. The molecule has 1 fully saturated rings. The lowest BCUT2D eigenvalue weighted by Crippen LogP contribution is -2.31. The summed E-state index contributed by atoms with van der Waals surface area (Å²) in [6.07, 6.45) is 10.0. The van der Waals surface area contributed by atoms with Crippen molar-refractivity contribution in [3.63, 3.8) is 0 Å². The van der Waals surface area contributed by atoms with Crippen LogP contribution in [0.3, 0.4) is 0 Å². The average molecular weight is 123 g/mol. The van der Waals surface area contributed by atoms with Crippen LogP contribution in [0.15, 0.2) is 0 Å². The van der Waals surface area contributed by atoms with Crippen LogP contribution in [0.25, 0.3) is 0 Å². The summed E-state index contributed by atoms with van der Waals surface area (Å²) in [6.45, 7) is 0. The molecule has 1 aliphatic rings. The molecule has 9 heavy (non-hydrogen) atoms. The fourth-order valence-corrected chi connectivity index (χ4v) is 1.37. The molecule has 0 radical (unpaired) electrons. The van der Waals surface area contributed by atoms with Crippen LogP contribution in [0.2, 0.25) is 0 Å². The fraction of sp³-hybridized carbons (Fsp3) is 0.750. The van der Waals surface area contributed by atoms with E-state index in [1.807, 2.05) is 0 Å². The van der Waals surface area contributed by atoms with Crippen molar-refractivity contribution in [1.82, 2.24) is 0 Å². The van der Waals surface area contributed by atoms with Gasteiger partial charge in [-0.05, 0) is 12.8 Å². The van der Waals surface area contributed by atoms with Crippen LogP contribution in [0.4, 0.5) is 0 Å². The van der Waals surface area contributed by atoms with Gasteiger partial charge in [-0.3, -0.25) is 0 Å². The van der Waals surface area contributed by atoms with Gasteiger partial charge in [-0.2, -0.15) is 0 Å². The van der Waals surface area contributed by atoms with E-state index < -0.39 is 0 Å². The van der Waals surface area contributed by atoms with E-state index in [9.17, 15) is 0 Å². The maximum atomic E-state index is 5.75. The summed E-state index contributed by atoms with van der Waals surface area (Å²) in [5.74, 6) is 3.09. The van der Waals surface area contributed by atoms with E-state index in [1.165, 1.54) is 12.8 Å². The zero-order valence-electron chi connectivity index (χ0n) is 5.64. The van der Waals surface area contributed by atoms with Crippen molar-refractivity contribution in [3.05, 3.63) is 0 Å². The largest absolute Gasteiger partial charge is 0.327 e. The highest BCUT2D eigenvalue weighted by Crippen LogP contribution is 2.21. The van der Waals surface area contributed by atoms with E-state index in [0.29, 0.717) is 5.92 Å². The highest BCUT2D eigenvalue weighted by atomic mass is 14.6. The molecule has 1 aliphatic carbocycles. The Kier molecular flexibility index (Phi) is 2.13. The van der Waals surface area contributed by atoms with Crippen molar-refractivity contribution >= 4 is 0 Å². The van der Waals surface area contributed by atoms with Gasteiger partial charge in [-0.15, -0.1) is 12.3 Å². The quantitative estimate of drug-likeness (QED) is 0.480. The van der Waals surface area contributed by atoms with Crippen molar-refractivity contribution in [2.24, 2.45) is 11.7 Å².